The van der Waals surface area contributed by atoms with Crippen molar-refractivity contribution in [3.8, 4) is 16.9 Å². The van der Waals surface area contributed by atoms with Crippen LogP contribution in [0.3, 0.4) is 0 Å². The van der Waals surface area contributed by atoms with Gasteiger partial charge in [0.1, 0.15) is 17.6 Å². The Labute approximate surface area is 243 Å². The summed E-state index contributed by atoms with van der Waals surface area (Å²) in [5, 5.41) is 25.8. The number of ether oxygens (including phenoxy) is 1. The summed E-state index contributed by atoms with van der Waals surface area (Å²) in [5.41, 5.74) is 10.2. The van der Waals surface area contributed by atoms with Gasteiger partial charge < -0.3 is 25.8 Å². The zero-order valence-electron chi connectivity index (χ0n) is 23.8. The molecule has 1 saturated heterocycles. The van der Waals surface area contributed by atoms with Crippen molar-refractivity contribution in [2.24, 2.45) is 5.73 Å². The largest absolute Gasteiger partial charge is 0.492 e. The first-order valence-electron chi connectivity index (χ1n) is 14.3. The van der Waals surface area contributed by atoms with Crippen molar-refractivity contribution in [3.05, 3.63) is 72.7 Å². The highest BCUT2D eigenvalue weighted by Crippen LogP contribution is 2.34. The molecule has 6 rings (SSSR count). The number of aliphatic hydroxyl groups is 1. The third-order valence-electron chi connectivity index (χ3n) is 8.11. The molecule has 1 fully saturated rings. The minimum atomic E-state index is -0.975. The summed E-state index contributed by atoms with van der Waals surface area (Å²) >= 11 is 0. The van der Waals surface area contributed by atoms with E-state index in [1.165, 1.54) is 6.92 Å². The van der Waals surface area contributed by atoms with Gasteiger partial charge in [-0.15, -0.1) is 5.10 Å². The zero-order chi connectivity index (χ0) is 29.3. The van der Waals surface area contributed by atoms with Crippen LogP contribution in [0.4, 0.5) is 5.82 Å². The maximum Gasteiger partial charge on any atom is 0.240 e. The monoisotopic (exact) mass is 568 g/mol. The van der Waals surface area contributed by atoms with Crippen molar-refractivity contribution in [1.29, 1.82) is 0 Å². The lowest BCUT2D eigenvalue weighted by Crippen LogP contribution is -2.61. The van der Waals surface area contributed by atoms with E-state index < -0.39 is 17.7 Å². The molecule has 1 aliphatic rings. The molecule has 0 bridgehead atoms. The van der Waals surface area contributed by atoms with Crippen LogP contribution < -0.4 is 20.7 Å². The zero-order valence-corrected chi connectivity index (χ0v) is 23.8. The number of piperidine rings is 1. The van der Waals surface area contributed by atoms with Crippen molar-refractivity contribution in [2.45, 2.75) is 50.8 Å². The summed E-state index contributed by atoms with van der Waals surface area (Å²) in [6.07, 6.45) is 6.74. The number of aliphatic hydroxyl groups excluding tert-OH is 1. The molecule has 11 nitrogen and oxygen atoms in total. The number of rotatable bonds is 9. The van der Waals surface area contributed by atoms with Crippen molar-refractivity contribution >= 4 is 28.3 Å². The van der Waals surface area contributed by atoms with Crippen LogP contribution in [0.2, 0.25) is 0 Å². The van der Waals surface area contributed by atoms with Crippen LogP contribution in [0.1, 0.15) is 32.3 Å². The van der Waals surface area contributed by atoms with Crippen LogP contribution in [0, 0.1) is 0 Å². The van der Waals surface area contributed by atoms with E-state index >= 15 is 0 Å². The first kappa shape index (κ1) is 27.7. The smallest absolute Gasteiger partial charge is 0.240 e. The molecule has 5 N–H and O–H groups in total. The van der Waals surface area contributed by atoms with Gasteiger partial charge in [-0.2, -0.15) is 5.10 Å². The van der Waals surface area contributed by atoms with Gasteiger partial charge in [0.15, 0.2) is 5.65 Å². The van der Waals surface area contributed by atoms with Crippen molar-refractivity contribution < 1.29 is 14.6 Å². The molecule has 5 heterocycles. The number of nitrogens with zero attached hydrogens (tertiary/aromatic N) is 5. The van der Waals surface area contributed by atoms with Crippen molar-refractivity contribution in [1.82, 2.24) is 30.1 Å². The Bertz CT molecular complexity index is 1670. The molecule has 5 aromatic rings. The Kier molecular flexibility index (Phi) is 7.53. The molecule has 0 radical (unpaired) electrons. The van der Waals surface area contributed by atoms with E-state index in [1.54, 1.807) is 6.20 Å². The van der Waals surface area contributed by atoms with Gasteiger partial charge in [0.2, 0.25) is 5.91 Å². The van der Waals surface area contributed by atoms with Gasteiger partial charge in [-0.1, -0.05) is 30.3 Å². The number of pyridine rings is 2. The summed E-state index contributed by atoms with van der Waals surface area (Å²) in [6, 6.07) is 15.3. The Morgan fingerprint density at radius 3 is 2.67 bits per heavy atom. The molecule has 1 aliphatic heterocycles. The number of aromatic nitrogens is 5. The Morgan fingerprint density at radius 2 is 1.98 bits per heavy atom. The Hall–Kier alpha value is -4.48. The molecule has 1 aromatic carbocycles. The predicted molar refractivity (Wildman–Crippen MR) is 161 cm³/mol. The SMILES string of the molecule is CCOc1cc(-c2ccc(N3CCC(Cc4ccccc4)(NC(=O)C(N)[C@@H](C)O)CC3)nc2)c2c3cn[nH]c3nn2c1. The number of aromatic amines is 1. The molecule has 0 aliphatic carbocycles. The molecule has 4 aromatic heterocycles. The lowest BCUT2D eigenvalue weighted by molar-refractivity contribution is -0.126. The summed E-state index contributed by atoms with van der Waals surface area (Å²) in [5.74, 6) is 1.27. The van der Waals surface area contributed by atoms with Crippen molar-refractivity contribution in [3.63, 3.8) is 0 Å². The fourth-order valence-corrected chi connectivity index (χ4v) is 5.80. The van der Waals surface area contributed by atoms with E-state index in [0.29, 0.717) is 31.8 Å². The molecule has 0 spiro atoms. The van der Waals surface area contributed by atoms with E-state index in [1.807, 2.05) is 54.2 Å². The molecular weight excluding hydrogens is 532 g/mol. The number of nitrogens with one attached hydrogen (secondary N) is 2. The fourth-order valence-electron chi connectivity index (χ4n) is 5.80. The summed E-state index contributed by atoms with van der Waals surface area (Å²) < 4.78 is 7.64. The first-order valence-corrected chi connectivity index (χ1v) is 14.3. The highest BCUT2D eigenvalue weighted by Gasteiger charge is 2.38. The van der Waals surface area contributed by atoms with E-state index in [0.717, 1.165) is 52.0 Å². The maximum absolute atomic E-state index is 12.9. The number of anilines is 1. The molecule has 1 amide bonds. The average Bonchev–Trinajstić information content (AvgIpc) is 3.59. The number of amides is 1. The summed E-state index contributed by atoms with van der Waals surface area (Å²) in [4.78, 5) is 20.0. The number of nitrogens with two attached hydrogens (primary N) is 1. The van der Waals surface area contributed by atoms with E-state index in [-0.39, 0.29) is 5.91 Å². The minimum absolute atomic E-state index is 0.330. The molecule has 1 unspecified atom stereocenters. The van der Waals surface area contributed by atoms with Crippen LogP contribution in [0.5, 0.6) is 5.75 Å². The van der Waals surface area contributed by atoms with Gasteiger partial charge in [0, 0.05) is 36.0 Å². The predicted octanol–water partition coefficient (Wildman–Crippen LogP) is 3.08. The first-order chi connectivity index (χ1) is 20.4. The lowest BCUT2D eigenvalue weighted by Gasteiger charge is -2.43. The number of fused-ring (bicyclic) bond motifs is 3. The number of benzene rings is 1. The second-order valence-electron chi connectivity index (χ2n) is 11.0. The number of hydrogen-bond donors (Lipinski definition) is 4. The highest BCUT2D eigenvalue weighted by molar-refractivity contribution is 6.00. The van der Waals surface area contributed by atoms with Crippen LogP contribution in [0.25, 0.3) is 27.7 Å². The van der Waals surface area contributed by atoms with Crippen molar-refractivity contribution in [2.75, 3.05) is 24.6 Å². The quantitative estimate of drug-likeness (QED) is 0.212. The standard InChI is InChI=1S/C31H36N8O3/c1-3-42-23-15-24(28-25-18-34-36-29(25)37-39(28)19-23)22-9-10-26(33-17-22)38-13-11-31(12-14-38,16-21-7-5-4-6-8-21)35-30(41)27(32)20(2)40/h4-10,15,17-20,27,40H,3,11-14,16,32H2,1-2H3,(H,35,41)(H,36,37)/t20-,27?/m1/s1. The molecule has 218 valence electrons. The van der Waals surface area contributed by atoms with E-state index in [2.05, 4.69) is 43.7 Å². The highest BCUT2D eigenvalue weighted by atomic mass is 16.5. The molecule has 42 heavy (non-hydrogen) atoms. The summed E-state index contributed by atoms with van der Waals surface area (Å²) in [7, 11) is 0. The topological polar surface area (TPSA) is 147 Å². The van der Waals surface area contributed by atoms with Gasteiger partial charge in [0.05, 0.1) is 36.0 Å². The Morgan fingerprint density at radius 1 is 1.19 bits per heavy atom. The number of carbonyl (C=O) groups is 1. The van der Waals surface area contributed by atoms with E-state index in [9.17, 15) is 9.90 Å². The number of hydrogen-bond acceptors (Lipinski definition) is 8. The molecule has 11 heteroatoms. The van der Waals surface area contributed by atoms with Gasteiger partial charge in [-0.25, -0.2) is 9.50 Å². The normalized spacial score (nSPS) is 16.4. The maximum atomic E-state index is 12.9. The molecule has 2 atom stereocenters. The third-order valence-corrected chi connectivity index (χ3v) is 8.11. The fraction of sp³-hybridized carbons (Fsp3) is 0.355. The molecule has 0 saturated carbocycles. The van der Waals surface area contributed by atoms with Crippen LogP contribution in [0.15, 0.2) is 67.1 Å². The Balaban J connectivity index is 1.24. The van der Waals surface area contributed by atoms with Crippen LogP contribution >= 0.6 is 0 Å². The van der Waals surface area contributed by atoms with Crippen LogP contribution in [-0.4, -0.2) is 73.2 Å². The average molecular weight is 569 g/mol. The minimum Gasteiger partial charge on any atom is -0.492 e. The second kappa shape index (κ2) is 11.4. The second-order valence-corrected chi connectivity index (χ2v) is 11.0. The molecular formula is C31H36N8O3. The van der Waals surface area contributed by atoms with Gasteiger partial charge >= 0.3 is 0 Å². The summed E-state index contributed by atoms with van der Waals surface area (Å²) in [6.45, 7) is 5.47. The number of H-pyrrole nitrogens is 1. The lowest BCUT2D eigenvalue weighted by atomic mass is 9.81. The van der Waals surface area contributed by atoms with Gasteiger partial charge in [-0.3, -0.25) is 9.89 Å². The van der Waals surface area contributed by atoms with Gasteiger partial charge in [-0.05, 0) is 56.9 Å². The number of carbonyl (C=O) groups excluding carboxylic acids is 1. The van der Waals surface area contributed by atoms with E-state index in [4.69, 9.17) is 15.5 Å². The third kappa shape index (κ3) is 5.40. The van der Waals surface area contributed by atoms with Crippen LogP contribution in [-0.2, 0) is 11.2 Å². The van der Waals surface area contributed by atoms with Gasteiger partial charge in [0.25, 0.3) is 0 Å².